The number of fused-ring (bicyclic) bond motifs is 2. The Hall–Kier alpha value is -2.46. The fourth-order valence-electron chi connectivity index (χ4n) is 4.13. The van der Waals surface area contributed by atoms with E-state index in [1.165, 1.54) is 40.8 Å². The van der Waals surface area contributed by atoms with Crippen LogP contribution in [0, 0.1) is 0 Å². The molecule has 1 unspecified atom stereocenters. The summed E-state index contributed by atoms with van der Waals surface area (Å²) in [4.78, 5) is 36.2. The third-order valence-corrected chi connectivity index (χ3v) is 9.25. The molecule has 0 bridgehead atoms. The van der Waals surface area contributed by atoms with Gasteiger partial charge in [-0.15, -0.1) is 22.7 Å². The number of thioether (sulfide) groups is 1. The number of nitrogens with two attached hydrogens (primary N) is 1. The second-order valence-electron chi connectivity index (χ2n) is 8.04. The minimum atomic E-state index is -0.488. The van der Waals surface area contributed by atoms with Crippen molar-refractivity contribution in [2.75, 3.05) is 5.32 Å². The highest BCUT2D eigenvalue weighted by Crippen LogP contribution is 2.41. The van der Waals surface area contributed by atoms with Crippen LogP contribution < -0.4 is 11.1 Å². The Morgan fingerprint density at radius 1 is 1.18 bits per heavy atom. The summed E-state index contributed by atoms with van der Waals surface area (Å²) in [5.74, 6) is -0.681. The van der Waals surface area contributed by atoms with Gasteiger partial charge in [0, 0.05) is 20.8 Å². The van der Waals surface area contributed by atoms with Crippen molar-refractivity contribution in [3.63, 3.8) is 0 Å². The van der Waals surface area contributed by atoms with E-state index in [9.17, 15) is 9.59 Å². The fourth-order valence-corrected chi connectivity index (χ4v) is 7.47. The Morgan fingerprint density at radius 3 is 2.71 bits per heavy atom. The first-order valence-electron chi connectivity index (χ1n) is 10.8. The Bertz CT molecular complexity index is 1400. The SMILES string of the molecule is CC(Sc1ncnc2scc(-c3ccc(Cl)cc3)c12)C(=O)Nc1sc2c(c1C(N)=O)CCCC2. The number of nitrogens with zero attached hydrogens (tertiary/aromatic N) is 2. The lowest BCUT2D eigenvalue weighted by molar-refractivity contribution is -0.115. The molecule has 0 fully saturated rings. The van der Waals surface area contributed by atoms with Crippen LogP contribution in [0.25, 0.3) is 21.3 Å². The normalized spacial score (nSPS) is 14.1. The number of carbonyl (C=O) groups excluding carboxylic acids is 2. The molecule has 2 amide bonds. The lowest BCUT2D eigenvalue weighted by Gasteiger charge is -2.13. The van der Waals surface area contributed by atoms with Gasteiger partial charge in [0.1, 0.15) is 21.2 Å². The minimum Gasteiger partial charge on any atom is -0.365 e. The molecule has 1 aromatic carbocycles. The Labute approximate surface area is 214 Å². The molecular weight excluding hydrogens is 508 g/mol. The average Bonchev–Trinajstić information content (AvgIpc) is 3.41. The van der Waals surface area contributed by atoms with Crippen molar-refractivity contribution in [2.24, 2.45) is 5.73 Å². The Morgan fingerprint density at radius 2 is 1.94 bits per heavy atom. The van der Waals surface area contributed by atoms with E-state index >= 15 is 0 Å². The van der Waals surface area contributed by atoms with Crippen LogP contribution in [0.5, 0.6) is 0 Å². The number of amides is 2. The second-order valence-corrected chi connectivity index (χ2v) is 11.8. The summed E-state index contributed by atoms with van der Waals surface area (Å²) in [5, 5.41) is 7.45. The zero-order valence-corrected chi connectivity index (χ0v) is 21.5. The molecule has 10 heteroatoms. The number of hydrogen-bond donors (Lipinski definition) is 2. The van der Waals surface area contributed by atoms with Gasteiger partial charge in [-0.05, 0) is 55.9 Å². The third kappa shape index (κ3) is 4.45. The van der Waals surface area contributed by atoms with Gasteiger partial charge < -0.3 is 11.1 Å². The van der Waals surface area contributed by atoms with Crippen molar-refractivity contribution in [1.29, 1.82) is 0 Å². The summed E-state index contributed by atoms with van der Waals surface area (Å²) in [6.07, 6.45) is 5.39. The van der Waals surface area contributed by atoms with Crippen LogP contribution in [0.3, 0.4) is 0 Å². The molecule has 0 saturated carbocycles. The number of aromatic nitrogens is 2. The zero-order chi connectivity index (χ0) is 23.8. The van der Waals surface area contributed by atoms with Gasteiger partial charge in [0.2, 0.25) is 5.91 Å². The van der Waals surface area contributed by atoms with E-state index in [2.05, 4.69) is 15.3 Å². The topological polar surface area (TPSA) is 98.0 Å². The largest absolute Gasteiger partial charge is 0.365 e. The van der Waals surface area contributed by atoms with Crippen molar-refractivity contribution >= 4 is 73.1 Å². The summed E-state index contributed by atoms with van der Waals surface area (Å²) in [7, 11) is 0. The van der Waals surface area contributed by atoms with E-state index in [0.29, 0.717) is 15.6 Å². The van der Waals surface area contributed by atoms with Crippen LogP contribution in [0.1, 0.15) is 40.6 Å². The standard InChI is InChI=1S/C24H21ClN4O2S3/c1-12(21(31)29-24-18(20(26)30)15-4-2-3-5-17(15)34-24)33-23-19-16(10-32-22(19)27-11-28-23)13-6-8-14(25)9-7-13/h6-12H,2-5H2,1H3,(H2,26,30)(H,29,31). The maximum absolute atomic E-state index is 13.1. The van der Waals surface area contributed by atoms with Crippen LogP contribution in [-0.4, -0.2) is 27.0 Å². The quantitative estimate of drug-likeness (QED) is 0.230. The van der Waals surface area contributed by atoms with Gasteiger partial charge in [0.05, 0.1) is 16.2 Å². The first-order chi connectivity index (χ1) is 16.4. The van der Waals surface area contributed by atoms with E-state index in [1.54, 1.807) is 0 Å². The van der Waals surface area contributed by atoms with E-state index in [0.717, 1.165) is 62.5 Å². The molecule has 3 heterocycles. The van der Waals surface area contributed by atoms with Crippen LogP contribution in [0.15, 0.2) is 41.0 Å². The Kier molecular flexibility index (Phi) is 6.61. The van der Waals surface area contributed by atoms with Crippen LogP contribution in [-0.2, 0) is 17.6 Å². The number of hydrogen-bond acceptors (Lipinski definition) is 7. The first kappa shape index (κ1) is 23.3. The van der Waals surface area contributed by atoms with Crippen molar-refractivity contribution in [3.05, 3.63) is 57.0 Å². The highest BCUT2D eigenvalue weighted by Gasteiger charge is 2.27. The number of benzene rings is 1. The van der Waals surface area contributed by atoms with Gasteiger partial charge in [-0.1, -0.05) is 35.5 Å². The van der Waals surface area contributed by atoms with Crippen molar-refractivity contribution < 1.29 is 9.59 Å². The smallest absolute Gasteiger partial charge is 0.251 e. The van der Waals surface area contributed by atoms with Gasteiger partial charge in [-0.2, -0.15) is 0 Å². The summed E-state index contributed by atoms with van der Waals surface area (Å²) < 4.78 is 0. The fraction of sp³-hybridized carbons (Fsp3) is 0.250. The van der Waals surface area contributed by atoms with E-state index < -0.39 is 11.2 Å². The third-order valence-electron chi connectivity index (χ3n) is 5.80. The molecule has 34 heavy (non-hydrogen) atoms. The molecule has 3 aromatic heterocycles. The van der Waals surface area contributed by atoms with E-state index in [1.807, 2.05) is 36.6 Å². The number of aryl methyl sites for hydroxylation is 1. The van der Waals surface area contributed by atoms with Gasteiger partial charge in [-0.25, -0.2) is 9.97 Å². The maximum Gasteiger partial charge on any atom is 0.251 e. The highest BCUT2D eigenvalue weighted by molar-refractivity contribution is 8.00. The molecule has 5 rings (SSSR count). The van der Waals surface area contributed by atoms with Gasteiger partial charge in [-0.3, -0.25) is 9.59 Å². The van der Waals surface area contributed by atoms with Crippen molar-refractivity contribution in [2.45, 2.75) is 42.9 Å². The van der Waals surface area contributed by atoms with E-state index in [-0.39, 0.29) is 5.91 Å². The second kappa shape index (κ2) is 9.65. The number of halogens is 1. The van der Waals surface area contributed by atoms with Crippen molar-refractivity contribution in [1.82, 2.24) is 9.97 Å². The van der Waals surface area contributed by atoms with Crippen LogP contribution >= 0.6 is 46.0 Å². The number of carbonyl (C=O) groups is 2. The van der Waals surface area contributed by atoms with Gasteiger partial charge in [0.15, 0.2) is 0 Å². The molecule has 1 atom stereocenters. The molecule has 1 aliphatic carbocycles. The first-order valence-corrected chi connectivity index (χ1v) is 13.8. The predicted molar refractivity (Wildman–Crippen MR) is 141 cm³/mol. The molecule has 1 aliphatic rings. The molecule has 0 saturated heterocycles. The Balaban J connectivity index is 1.41. The predicted octanol–water partition coefficient (Wildman–Crippen LogP) is 6.17. The van der Waals surface area contributed by atoms with Gasteiger partial charge >= 0.3 is 0 Å². The molecule has 0 spiro atoms. The summed E-state index contributed by atoms with van der Waals surface area (Å²) in [6, 6.07) is 7.63. The average molecular weight is 529 g/mol. The summed E-state index contributed by atoms with van der Waals surface area (Å²) in [6.45, 7) is 1.83. The molecule has 4 aromatic rings. The lowest BCUT2D eigenvalue weighted by Crippen LogP contribution is -2.24. The molecule has 6 nitrogen and oxygen atoms in total. The minimum absolute atomic E-state index is 0.193. The molecule has 0 radical (unpaired) electrons. The monoisotopic (exact) mass is 528 g/mol. The number of rotatable bonds is 6. The number of nitrogens with one attached hydrogen (secondary N) is 1. The van der Waals surface area contributed by atoms with Crippen molar-refractivity contribution in [3.8, 4) is 11.1 Å². The van der Waals surface area contributed by atoms with E-state index in [4.69, 9.17) is 17.3 Å². The lowest BCUT2D eigenvalue weighted by atomic mass is 9.95. The zero-order valence-electron chi connectivity index (χ0n) is 18.3. The molecule has 0 aliphatic heterocycles. The molecule has 3 N–H and O–H groups in total. The highest BCUT2D eigenvalue weighted by atomic mass is 35.5. The summed E-state index contributed by atoms with van der Waals surface area (Å²) >= 11 is 10.4. The number of primary amides is 1. The molecular formula is C24H21ClN4O2S3. The van der Waals surface area contributed by atoms with Crippen LogP contribution in [0.4, 0.5) is 5.00 Å². The molecule has 174 valence electrons. The number of thiophene rings is 2. The number of anilines is 1. The maximum atomic E-state index is 13.1. The summed E-state index contributed by atoms with van der Waals surface area (Å²) in [5.41, 5.74) is 9.17. The van der Waals surface area contributed by atoms with Crippen LogP contribution in [0.2, 0.25) is 5.02 Å². The van der Waals surface area contributed by atoms with Gasteiger partial charge in [0.25, 0.3) is 5.91 Å².